The van der Waals surface area contributed by atoms with Gasteiger partial charge in [0.2, 0.25) is 11.0 Å². The van der Waals surface area contributed by atoms with Crippen molar-refractivity contribution in [2.75, 3.05) is 18.9 Å². The summed E-state index contributed by atoms with van der Waals surface area (Å²) >= 11 is 2.62. The molecule has 0 saturated carbocycles. The molecule has 10 heteroatoms. The van der Waals surface area contributed by atoms with Crippen LogP contribution in [0.3, 0.4) is 0 Å². The minimum Gasteiger partial charge on any atom is -0.342 e. The molecule has 0 aliphatic carbocycles. The second-order valence-corrected chi connectivity index (χ2v) is 11.1. The van der Waals surface area contributed by atoms with E-state index in [-0.39, 0.29) is 11.8 Å². The number of halogens is 2. The molecule has 6 nitrogen and oxygen atoms in total. The highest BCUT2D eigenvalue weighted by molar-refractivity contribution is 7.15. The van der Waals surface area contributed by atoms with Crippen LogP contribution in [0.1, 0.15) is 47.5 Å². The van der Waals surface area contributed by atoms with E-state index in [1.807, 2.05) is 31.2 Å². The summed E-state index contributed by atoms with van der Waals surface area (Å²) in [4.78, 5) is 29.1. The van der Waals surface area contributed by atoms with Crippen LogP contribution in [-0.2, 0) is 4.79 Å². The number of benzene rings is 2. The molecule has 1 atom stereocenters. The molecular weight excluding hydrogens is 514 g/mol. The highest BCUT2D eigenvalue weighted by Gasteiger charge is 2.40. The summed E-state index contributed by atoms with van der Waals surface area (Å²) in [5.41, 5.74) is 2.24. The van der Waals surface area contributed by atoms with Crippen LogP contribution in [0.15, 0.2) is 60.1 Å². The van der Waals surface area contributed by atoms with Crippen LogP contribution >= 0.6 is 22.7 Å². The van der Waals surface area contributed by atoms with Crippen molar-refractivity contribution in [1.82, 2.24) is 15.1 Å². The number of anilines is 1. The quantitative estimate of drug-likeness (QED) is 0.279. The molecule has 0 aliphatic heterocycles. The van der Waals surface area contributed by atoms with Crippen molar-refractivity contribution in [2.45, 2.75) is 26.7 Å². The van der Waals surface area contributed by atoms with Crippen molar-refractivity contribution in [3.8, 4) is 10.4 Å². The van der Waals surface area contributed by atoms with Gasteiger partial charge < -0.3 is 10.2 Å². The zero-order chi connectivity index (χ0) is 26.7. The Labute approximate surface area is 222 Å². The van der Waals surface area contributed by atoms with Gasteiger partial charge in [0.05, 0.1) is 5.41 Å². The molecular formula is C27H26F2N4O2S2. The van der Waals surface area contributed by atoms with E-state index in [4.69, 9.17) is 0 Å². The largest absolute Gasteiger partial charge is 0.342 e. The Kier molecular flexibility index (Phi) is 7.79. The zero-order valence-electron chi connectivity index (χ0n) is 20.8. The Morgan fingerprint density at radius 3 is 2.32 bits per heavy atom. The van der Waals surface area contributed by atoms with Crippen LogP contribution in [0.25, 0.3) is 10.4 Å². The number of thiophene rings is 1. The molecule has 37 heavy (non-hydrogen) atoms. The maximum atomic E-state index is 14.3. The lowest BCUT2D eigenvalue weighted by molar-refractivity contribution is -0.124. The third-order valence-electron chi connectivity index (χ3n) is 6.25. The lowest BCUT2D eigenvalue weighted by Gasteiger charge is -2.32. The molecule has 1 N–H and O–H groups in total. The molecule has 0 fully saturated rings. The molecule has 0 bridgehead atoms. The maximum absolute atomic E-state index is 14.3. The first-order chi connectivity index (χ1) is 17.6. The van der Waals surface area contributed by atoms with Gasteiger partial charge in [-0.3, -0.25) is 9.59 Å². The highest BCUT2D eigenvalue weighted by Crippen LogP contribution is 2.46. The molecule has 2 amide bonds. The molecule has 2 heterocycles. The number of aromatic nitrogens is 2. The number of rotatable bonds is 8. The van der Waals surface area contributed by atoms with Gasteiger partial charge in [-0.25, -0.2) is 8.78 Å². The topological polar surface area (TPSA) is 75.2 Å². The van der Waals surface area contributed by atoms with E-state index in [2.05, 4.69) is 15.5 Å². The second-order valence-electron chi connectivity index (χ2n) is 9.15. The Bertz CT molecular complexity index is 1380. The van der Waals surface area contributed by atoms with Crippen molar-refractivity contribution in [1.29, 1.82) is 0 Å². The molecule has 1 unspecified atom stereocenters. The Morgan fingerprint density at radius 2 is 1.73 bits per heavy atom. The van der Waals surface area contributed by atoms with Gasteiger partial charge in [0.15, 0.2) is 0 Å². The van der Waals surface area contributed by atoms with Crippen molar-refractivity contribution in [3.05, 3.63) is 87.7 Å². The molecule has 4 aromatic rings. The van der Waals surface area contributed by atoms with Gasteiger partial charge in [-0.15, -0.1) is 21.5 Å². The predicted molar refractivity (Wildman–Crippen MR) is 143 cm³/mol. The van der Waals surface area contributed by atoms with Crippen molar-refractivity contribution in [2.24, 2.45) is 5.41 Å². The molecule has 192 valence electrons. The fourth-order valence-electron chi connectivity index (χ4n) is 4.10. The first-order valence-corrected chi connectivity index (χ1v) is 13.3. The molecule has 4 rings (SSSR count). The van der Waals surface area contributed by atoms with Gasteiger partial charge >= 0.3 is 0 Å². The lowest BCUT2D eigenvalue weighted by atomic mass is 9.73. The Balaban J connectivity index is 1.71. The number of hydrogen-bond donors (Lipinski definition) is 1. The SMILES string of the molecule is CCN(C)C(=O)c1ccc(-c2ccc(C(c3cc(F)cc(F)c3)C(C)(C)C(=O)Nc3nncs3)s2)cc1. The summed E-state index contributed by atoms with van der Waals surface area (Å²) in [5.74, 6) is -2.48. The van der Waals surface area contributed by atoms with Crippen molar-refractivity contribution >= 4 is 39.6 Å². The third-order valence-corrected chi connectivity index (χ3v) is 8.06. The van der Waals surface area contributed by atoms with Gasteiger partial charge in [0.1, 0.15) is 17.1 Å². The first-order valence-electron chi connectivity index (χ1n) is 11.6. The average Bonchev–Trinajstić information content (AvgIpc) is 3.55. The summed E-state index contributed by atoms with van der Waals surface area (Å²) in [6, 6.07) is 14.4. The van der Waals surface area contributed by atoms with Gasteiger partial charge in [-0.1, -0.05) is 37.3 Å². The number of carbonyl (C=O) groups excluding carboxylic acids is 2. The number of hydrogen-bond acceptors (Lipinski definition) is 6. The van der Waals surface area contributed by atoms with E-state index >= 15 is 0 Å². The van der Waals surface area contributed by atoms with Gasteiger partial charge in [-0.2, -0.15) is 0 Å². The van der Waals surface area contributed by atoms with Crippen LogP contribution in [0, 0.1) is 17.0 Å². The highest BCUT2D eigenvalue weighted by atomic mass is 32.1. The van der Waals surface area contributed by atoms with Crippen molar-refractivity contribution in [3.63, 3.8) is 0 Å². The Hall–Kier alpha value is -3.50. The number of carbonyl (C=O) groups is 2. The Morgan fingerprint density at radius 1 is 1.05 bits per heavy atom. The third kappa shape index (κ3) is 5.75. The minimum absolute atomic E-state index is 0.0581. The van der Waals surface area contributed by atoms with Crippen LogP contribution in [0.2, 0.25) is 0 Å². The first kappa shape index (κ1) is 26.6. The van der Waals surface area contributed by atoms with E-state index in [0.29, 0.717) is 22.8 Å². The van der Waals surface area contributed by atoms with E-state index in [1.165, 1.54) is 40.3 Å². The predicted octanol–water partition coefficient (Wildman–Crippen LogP) is 6.43. The van der Waals surface area contributed by atoms with Gasteiger partial charge in [0.25, 0.3) is 5.91 Å². The normalized spacial score (nSPS) is 12.3. The van der Waals surface area contributed by atoms with E-state index in [0.717, 1.165) is 21.4 Å². The average molecular weight is 541 g/mol. The summed E-state index contributed by atoms with van der Waals surface area (Å²) in [7, 11) is 1.75. The lowest BCUT2D eigenvalue weighted by Crippen LogP contribution is -2.36. The molecule has 2 aromatic carbocycles. The smallest absolute Gasteiger partial charge is 0.253 e. The molecule has 0 saturated heterocycles. The monoisotopic (exact) mass is 540 g/mol. The van der Waals surface area contributed by atoms with Crippen LogP contribution in [0.4, 0.5) is 13.9 Å². The summed E-state index contributed by atoms with van der Waals surface area (Å²) in [5, 5.41) is 10.7. The van der Waals surface area contributed by atoms with Gasteiger partial charge in [0, 0.05) is 40.9 Å². The van der Waals surface area contributed by atoms with Crippen LogP contribution < -0.4 is 5.32 Å². The van der Waals surface area contributed by atoms with E-state index < -0.39 is 23.0 Å². The van der Waals surface area contributed by atoms with Crippen LogP contribution in [-0.4, -0.2) is 40.5 Å². The van der Waals surface area contributed by atoms with E-state index in [1.54, 1.807) is 37.9 Å². The van der Waals surface area contributed by atoms with Crippen molar-refractivity contribution < 1.29 is 18.4 Å². The number of nitrogens with one attached hydrogen (secondary N) is 1. The number of nitrogens with zero attached hydrogens (tertiary/aromatic N) is 3. The van der Waals surface area contributed by atoms with Gasteiger partial charge in [-0.05, 0) is 54.4 Å². The molecule has 0 spiro atoms. The summed E-state index contributed by atoms with van der Waals surface area (Å²) < 4.78 is 28.5. The molecule has 0 aliphatic rings. The zero-order valence-corrected chi connectivity index (χ0v) is 22.4. The second kappa shape index (κ2) is 10.9. The standard InChI is InChI=1S/C27H26F2N4O2S2/c1-5-33(4)24(34)17-8-6-16(7-9-17)21-10-11-22(37-21)23(18-12-19(28)14-20(29)13-18)27(2,3)25(35)31-26-32-30-15-36-26/h6-15,23H,5H2,1-4H3,(H,31,32,35). The number of amides is 2. The van der Waals surface area contributed by atoms with E-state index in [9.17, 15) is 18.4 Å². The molecule has 2 aromatic heterocycles. The maximum Gasteiger partial charge on any atom is 0.253 e. The fraction of sp³-hybridized carbons (Fsp3) is 0.259. The van der Waals surface area contributed by atoms with Crippen LogP contribution in [0.5, 0.6) is 0 Å². The summed E-state index contributed by atoms with van der Waals surface area (Å²) in [6.07, 6.45) is 0. The fourth-order valence-corrected chi connectivity index (χ4v) is 5.87. The summed E-state index contributed by atoms with van der Waals surface area (Å²) in [6.45, 7) is 6.00. The molecule has 0 radical (unpaired) electrons. The minimum atomic E-state index is -1.10.